The highest BCUT2D eigenvalue weighted by Crippen LogP contribution is 2.14. The van der Waals surface area contributed by atoms with Gasteiger partial charge in [-0.1, -0.05) is 30.3 Å². The fourth-order valence-electron chi connectivity index (χ4n) is 1.53. The molecule has 2 N–H and O–H groups in total. The van der Waals surface area contributed by atoms with Gasteiger partial charge in [0, 0.05) is 19.6 Å². The first-order chi connectivity index (χ1) is 7.27. The third-order valence-electron chi connectivity index (χ3n) is 2.36. The normalized spacial score (nSPS) is 12.4. The fraction of sp³-hybridized carbons (Fsp3) is 0.417. The molecular formula is C12H17N3. The van der Waals surface area contributed by atoms with E-state index in [2.05, 4.69) is 11.0 Å². The van der Waals surface area contributed by atoms with Crippen LogP contribution in [0.4, 0.5) is 0 Å². The predicted molar refractivity (Wildman–Crippen MR) is 61.3 cm³/mol. The number of likely N-dealkylation sites (N-methyl/N-ethyl adjacent to an activating group) is 1. The second kappa shape index (κ2) is 6.18. The number of nitrogens with zero attached hydrogens (tertiary/aromatic N) is 2. The van der Waals surface area contributed by atoms with Gasteiger partial charge < -0.3 is 10.6 Å². The van der Waals surface area contributed by atoms with Gasteiger partial charge in [0.15, 0.2) is 0 Å². The van der Waals surface area contributed by atoms with Crippen LogP contribution < -0.4 is 5.73 Å². The third kappa shape index (κ3) is 3.70. The molecule has 0 aromatic heterocycles. The Hall–Kier alpha value is -1.37. The molecule has 1 rings (SSSR count). The van der Waals surface area contributed by atoms with Crippen molar-refractivity contribution in [3.8, 4) is 6.07 Å². The molecule has 0 radical (unpaired) electrons. The Morgan fingerprint density at radius 1 is 1.40 bits per heavy atom. The maximum absolute atomic E-state index is 9.09. The van der Waals surface area contributed by atoms with Gasteiger partial charge in [0.05, 0.1) is 12.0 Å². The summed E-state index contributed by atoms with van der Waals surface area (Å²) in [7, 11) is 1.99. The summed E-state index contributed by atoms with van der Waals surface area (Å²) in [4.78, 5) is 2.08. The standard InChI is InChI=1S/C12H17N3/c1-15(8-7-13)10-12(9-14)11-5-3-2-4-6-11/h2-6,12H,7-8,10,13H2,1H3. The van der Waals surface area contributed by atoms with Crippen molar-refractivity contribution in [1.29, 1.82) is 5.26 Å². The zero-order chi connectivity index (χ0) is 11.1. The van der Waals surface area contributed by atoms with Gasteiger partial charge in [0.2, 0.25) is 0 Å². The van der Waals surface area contributed by atoms with Crippen LogP contribution in [0.25, 0.3) is 0 Å². The highest BCUT2D eigenvalue weighted by Gasteiger charge is 2.12. The summed E-state index contributed by atoms with van der Waals surface area (Å²) < 4.78 is 0. The van der Waals surface area contributed by atoms with E-state index in [9.17, 15) is 0 Å². The number of rotatable bonds is 5. The second-order valence-electron chi connectivity index (χ2n) is 3.64. The molecule has 0 heterocycles. The van der Waals surface area contributed by atoms with Gasteiger partial charge in [-0.05, 0) is 12.6 Å². The highest BCUT2D eigenvalue weighted by molar-refractivity contribution is 5.24. The van der Waals surface area contributed by atoms with Crippen molar-refractivity contribution >= 4 is 0 Å². The Kier molecular flexibility index (Phi) is 4.82. The Balaban J connectivity index is 2.62. The smallest absolute Gasteiger partial charge is 0.0839 e. The zero-order valence-corrected chi connectivity index (χ0v) is 9.06. The van der Waals surface area contributed by atoms with Crippen LogP contribution in [0.3, 0.4) is 0 Å². The van der Waals surface area contributed by atoms with Crippen LogP contribution in [-0.2, 0) is 0 Å². The summed E-state index contributed by atoms with van der Waals surface area (Å²) in [5.74, 6) is -0.0669. The number of hydrogen-bond donors (Lipinski definition) is 1. The molecule has 0 fully saturated rings. The van der Waals surface area contributed by atoms with Crippen LogP contribution in [0.5, 0.6) is 0 Å². The van der Waals surface area contributed by atoms with Crippen molar-refractivity contribution in [3.63, 3.8) is 0 Å². The van der Waals surface area contributed by atoms with E-state index in [0.29, 0.717) is 6.54 Å². The van der Waals surface area contributed by atoms with Crippen molar-refractivity contribution < 1.29 is 0 Å². The SMILES string of the molecule is CN(CCN)CC(C#N)c1ccccc1. The molecule has 0 aliphatic carbocycles. The molecular weight excluding hydrogens is 186 g/mol. The van der Waals surface area contributed by atoms with Crippen LogP contribution in [0.2, 0.25) is 0 Å². The van der Waals surface area contributed by atoms with Crippen molar-refractivity contribution in [3.05, 3.63) is 35.9 Å². The fourth-order valence-corrected chi connectivity index (χ4v) is 1.53. The first-order valence-corrected chi connectivity index (χ1v) is 5.11. The topological polar surface area (TPSA) is 53.0 Å². The number of nitrogens with two attached hydrogens (primary N) is 1. The van der Waals surface area contributed by atoms with Gasteiger partial charge in [-0.2, -0.15) is 5.26 Å². The number of hydrogen-bond acceptors (Lipinski definition) is 3. The molecule has 0 saturated heterocycles. The summed E-state index contributed by atoms with van der Waals surface area (Å²) in [6, 6.07) is 12.2. The lowest BCUT2D eigenvalue weighted by Crippen LogP contribution is -2.29. The van der Waals surface area contributed by atoms with Crippen LogP contribution in [0.15, 0.2) is 30.3 Å². The molecule has 0 bridgehead atoms. The quantitative estimate of drug-likeness (QED) is 0.782. The lowest BCUT2D eigenvalue weighted by atomic mass is 10.0. The molecule has 15 heavy (non-hydrogen) atoms. The van der Waals surface area contributed by atoms with Gasteiger partial charge in [-0.15, -0.1) is 0 Å². The molecule has 3 heteroatoms. The van der Waals surface area contributed by atoms with Crippen molar-refractivity contribution in [2.24, 2.45) is 5.73 Å². The molecule has 0 saturated carbocycles. The molecule has 1 unspecified atom stereocenters. The van der Waals surface area contributed by atoms with Gasteiger partial charge in [-0.25, -0.2) is 0 Å². The average molecular weight is 203 g/mol. The Labute approximate surface area is 91.1 Å². The first kappa shape index (κ1) is 11.7. The van der Waals surface area contributed by atoms with Gasteiger partial charge in [-0.3, -0.25) is 0 Å². The van der Waals surface area contributed by atoms with E-state index in [-0.39, 0.29) is 5.92 Å². The monoisotopic (exact) mass is 203 g/mol. The van der Waals surface area contributed by atoms with Gasteiger partial charge in [0.1, 0.15) is 0 Å². The average Bonchev–Trinajstić information content (AvgIpc) is 2.27. The van der Waals surface area contributed by atoms with Crippen LogP contribution in [-0.4, -0.2) is 31.6 Å². The second-order valence-corrected chi connectivity index (χ2v) is 3.64. The minimum Gasteiger partial charge on any atom is -0.329 e. The molecule has 0 aliphatic heterocycles. The van der Waals surface area contributed by atoms with Crippen molar-refractivity contribution in [2.75, 3.05) is 26.7 Å². The molecule has 3 nitrogen and oxygen atoms in total. The molecule has 0 spiro atoms. The van der Waals surface area contributed by atoms with Crippen LogP contribution in [0.1, 0.15) is 11.5 Å². The highest BCUT2D eigenvalue weighted by atomic mass is 15.1. The van der Waals surface area contributed by atoms with E-state index >= 15 is 0 Å². The van der Waals surface area contributed by atoms with E-state index in [1.54, 1.807) is 0 Å². The summed E-state index contributed by atoms with van der Waals surface area (Å²) >= 11 is 0. The van der Waals surface area contributed by atoms with E-state index in [0.717, 1.165) is 18.7 Å². The molecule has 0 amide bonds. The summed E-state index contributed by atoms with van der Waals surface area (Å²) in [5, 5.41) is 9.09. The number of nitriles is 1. The molecule has 0 aliphatic rings. The molecule has 1 aromatic carbocycles. The largest absolute Gasteiger partial charge is 0.329 e. The minimum atomic E-state index is -0.0669. The molecule has 1 aromatic rings. The lowest BCUT2D eigenvalue weighted by molar-refractivity contribution is 0.336. The van der Waals surface area contributed by atoms with E-state index in [1.165, 1.54) is 0 Å². The molecule has 80 valence electrons. The van der Waals surface area contributed by atoms with Crippen LogP contribution in [0, 0.1) is 11.3 Å². The first-order valence-electron chi connectivity index (χ1n) is 5.11. The zero-order valence-electron chi connectivity index (χ0n) is 9.06. The Morgan fingerprint density at radius 3 is 2.60 bits per heavy atom. The van der Waals surface area contributed by atoms with Gasteiger partial charge in [0.25, 0.3) is 0 Å². The summed E-state index contributed by atoms with van der Waals surface area (Å²) in [6.45, 7) is 2.19. The van der Waals surface area contributed by atoms with E-state index < -0.39 is 0 Å². The summed E-state index contributed by atoms with van der Waals surface area (Å²) in [6.07, 6.45) is 0. The Morgan fingerprint density at radius 2 is 2.07 bits per heavy atom. The molecule has 1 atom stereocenters. The summed E-state index contributed by atoms with van der Waals surface area (Å²) in [5.41, 5.74) is 6.53. The Bertz CT molecular complexity index is 315. The van der Waals surface area contributed by atoms with Crippen LogP contribution >= 0.6 is 0 Å². The van der Waals surface area contributed by atoms with E-state index in [1.807, 2.05) is 37.4 Å². The van der Waals surface area contributed by atoms with Gasteiger partial charge >= 0.3 is 0 Å². The predicted octanol–water partition coefficient (Wildman–Crippen LogP) is 1.18. The maximum Gasteiger partial charge on any atom is 0.0839 e. The lowest BCUT2D eigenvalue weighted by Gasteiger charge is -2.18. The number of benzene rings is 1. The van der Waals surface area contributed by atoms with E-state index in [4.69, 9.17) is 11.0 Å². The minimum absolute atomic E-state index is 0.0669. The van der Waals surface area contributed by atoms with Crippen molar-refractivity contribution in [2.45, 2.75) is 5.92 Å². The van der Waals surface area contributed by atoms with Crippen molar-refractivity contribution in [1.82, 2.24) is 4.90 Å². The maximum atomic E-state index is 9.09. The third-order valence-corrected chi connectivity index (χ3v) is 2.36.